The van der Waals surface area contributed by atoms with Crippen molar-refractivity contribution in [2.45, 2.75) is 44.6 Å². The molecule has 0 N–H and O–H groups in total. The van der Waals surface area contributed by atoms with Crippen LogP contribution in [0.25, 0.3) is 0 Å². The van der Waals surface area contributed by atoms with Gasteiger partial charge >= 0.3 is 0 Å². The van der Waals surface area contributed by atoms with Crippen LogP contribution in [0.5, 0.6) is 5.75 Å². The van der Waals surface area contributed by atoms with Crippen molar-refractivity contribution in [3.63, 3.8) is 0 Å². The molecule has 3 nitrogen and oxygen atoms in total. The van der Waals surface area contributed by atoms with E-state index in [1.165, 1.54) is 5.56 Å². The summed E-state index contributed by atoms with van der Waals surface area (Å²) in [6, 6.07) is 6.01. The predicted octanol–water partition coefficient (Wildman–Crippen LogP) is 3.31. The van der Waals surface area contributed by atoms with Crippen molar-refractivity contribution in [3.05, 3.63) is 29.3 Å². The first kappa shape index (κ1) is 14.6. The molecule has 0 bridgehead atoms. The van der Waals surface area contributed by atoms with Crippen molar-refractivity contribution in [2.24, 2.45) is 5.92 Å². The lowest BCUT2D eigenvalue weighted by atomic mass is 9.72. The molecule has 1 aliphatic carbocycles. The highest BCUT2D eigenvalue weighted by Crippen LogP contribution is 2.40. The van der Waals surface area contributed by atoms with Crippen LogP contribution in [0.1, 0.15) is 48.5 Å². The summed E-state index contributed by atoms with van der Waals surface area (Å²) in [5, 5.41) is 0. The molecule has 0 radical (unpaired) electrons. The highest BCUT2D eigenvalue weighted by Gasteiger charge is 2.44. The van der Waals surface area contributed by atoms with Gasteiger partial charge in [-0.25, -0.2) is 0 Å². The second-order valence-corrected chi connectivity index (χ2v) is 6.83. The van der Waals surface area contributed by atoms with Gasteiger partial charge in [0.05, 0.1) is 17.7 Å². The zero-order valence-corrected chi connectivity index (χ0v) is 13.3. The molecule has 1 aliphatic heterocycles. The van der Waals surface area contributed by atoms with Crippen molar-refractivity contribution in [1.29, 1.82) is 0 Å². The molecule has 3 rings (SSSR count). The number of nitrogens with zero attached hydrogens (tertiary/aromatic N) is 1. The Balaban J connectivity index is 1.98. The van der Waals surface area contributed by atoms with Gasteiger partial charge in [0.2, 0.25) is 0 Å². The number of hydrogen-bond acceptors (Lipinski definition) is 3. The van der Waals surface area contributed by atoms with E-state index >= 15 is 0 Å². The maximum Gasteiger partial charge on any atom is 0.186 e. The summed E-state index contributed by atoms with van der Waals surface area (Å²) in [7, 11) is 4.08. The minimum absolute atomic E-state index is 0.248. The number of fused-ring (bicyclic) bond motifs is 1. The van der Waals surface area contributed by atoms with Crippen LogP contribution in [0.2, 0.25) is 0 Å². The second kappa shape index (κ2) is 5.45. The van der Waals surface area contributed by atoms with Gasteiger partial charge in [0.15, 0.2) is 5.78 Å². The van der Waals surface area contributed by atoms with E-state index in [9.17, 15) is 4.79 Å². The first-order valence-electron chi connectivity index (χ1n) is 8.01. The molecule has 114 valence electrons. The number of para-hydroxylation sites is 1. The third-order valence-corrected chi connectivity index (χ3v) is 5.34. The standard InChI is InChI=1S/C18H25NO2/c1-13-7-10-18(11-8-13,19(2)3)17(20)15-6-4-5-14-9-12-21-16(14)15/h4-6,13H,7-12H2,1-3H3. The molecule has 3 heteroatoms. The summed E-state index contributed by atoms with van der Waals surface area (Å²) in [5.74, 6) is 1.81. The van der Waals surface area contributed by atoms with Crippen LogP contribution in [-0.2, 0) is 6.42 Å². The Bertz CT molecular complexity index is 542. The topological polar surface area (TPSA) is 29.5 Å². The molecule has 1 fully saturated rings. The van der Waals surface area contributed by atoms with Crippen LogP contribution in [0.3, 0.4) is 0 Å². The zero-order chi connectivity index (χ0) is 15.0. The van der Waals surface area contributed by atoms with Gasteiger partial charge < -0.3 is 4.74 Å². The number of benzene rings is 1. The Labute approximate surface area is 127 Å². The first-order valence-corrected chi connectivity index (χ1v) is 8.01. The SMILES string of the molecule is CC1CCC(C(=O)c2cccc3c2OCC3)(N(C)C)CC1. The Kier molecular flexibility index (Phi) is 3.78. The second-order valence-electron chi connectivity index (χ2n) is 6.83. The fraction of sp³-hybridized carbons (Fsp3) is 0.611. The molecule has 0 aromatic heterocycles. The van der Waals surface area contributed by atoms with E-state index in [-0.39, 0.29) is 11.3 Å². The van der Waals surface area contributed by atoms with E-state index < -0.39 is 0 Å². The zero-order valence-electron chi connectivity index (χ0n) is 13.3. The minimum Gasteiger partial charge on any atom is -0.492 e. The summed E-state index contributed by atoms with van der Waals surface area (Å²) >= 11 is 0. The van der Waals surface area contributed by atoms with Crippen LogP contribution >= 0.6 is 0 Å². The number of Topliss-reactive ketones (excluding diaryl/α,β-unsaturated/α-hetero) is 1. The fourth-order valence-corrected chi connectivity index (χ4v) is 3.76. The van der Waals surface area contributed by atoms with Crippen LogP contribution in [0.15, 0.2) is 18.2 Å². The normalized spacial score (nSPS) is 28.3. The third-order valence-electron chi connectivity index (χ3n) is 5.34. The summed E-state index contributed by atoms with van der Waals surface area (Å²) < 4.78 is 5.75. The van der Waals surface area contributed by atoms with E-state index in [0.717, 1.165) is 49.3 Å². The smallest absolute Gasteiger partial charge is 0.186 e. The lowest BCUT2D eigenvalue weighted by Crippen LogP contribution is -2.53. The molecule has 1 heterocycles. The lowest BCUT2D eigenvalue weighted by molar-refractivity contribution is 0.0510. The Morgan fingerprint density at radius 1 is 1.29 bits per heavy atom. The van der Waals surface area contributed by atoms with Crippen molar-refractivity contribution in [1.82, 2.24) is 4.90 Å². The van der Waals surface area contributed by atoms with Gasteiger partial charge in [-0.1, -0.05) is 19.1 Å². The van der Waals surface area contributed by atoms with Crippen molar-refractivity contribution in [3.8, 4) is 5.75 Å². The van der Waals surface area contributed by atoms with Gasteiger partial charge in [-0.2, -0.15) is 0 Å². The Morgan fingerprint density at radius 2 is 2.00 bits per heavy atom. The molecule has 1 aromatic rings. The summed E-state index contributed by atoms with van der Waals surface area (Å²) in [4.78, 5) is 15.4. The predicted molar refractivity (Wildman–Crippen MR) is 84.0 cm³/mol. The Morgan fingerprint density at radius 3 is 2.67 bits per heavy atom. The average molecular weight is 287 g/mol. The summed E-state index contributed by atoms with van der Waals surface area (Å²) in [5.41, 5.74) is 1.61. The number of carbonyl (C=O) groups is 1. The maximum absolute atomic E-state index is 13.3. The van der Waals surface area contributed by atoms with Crippen molar-refractivity contribution < 1.29 is 9.53 Å². The maximum atomic E-state index is 13.3. The van der Waals surface area contributed by atoms with Gasteiger partial charge in [-0.3, -0.25) is 9.69 Å². The molecule has 0 saturated heterocycles. The van der Waals surface area contributed by atoms with Gasteiger partial charge in [0, 0.05) is 6.42 Å². The number of ketones is 1. The molecular weight excluding hydrogens is 262 g/mol. The van der Waals surface area contributed by atoms with E-state index in [2.05, 4.69) is 17.9 Å². The molecular formula is C18H25NO2. The fourth-order valence-electron chi connectivity index (χ4n) is 3.76. The summed E-state index contributed by atoms with van der Waals surface area (Å²) in [6.45, 7) is 2.99. The average Bonchev–Trinajstić information content (AvgIpc) is 2.95. The number of likely N-dealkylation sites (N-methyl/N-ethyl adjacent to an activating group) is 1. The van der Waals surface area contributed by atoms with E-state index in [1.807, 2.05) is 26.2 Å². The first-order chi connectivity index (χ1) is 10.0. The quantitative estimate of drug-likeness (QED) is 0.799. The van der Waals surface area contributed by atoms with E-state index in [1.54, 1.807) is 0 Å². The number of rotatable bonds is 3. The molecule has 0 atom stereocenters. The van der Waals surface area contributed by atoms with E-state index in [0.29, 0.717) is 6.61 Å². The van der Waals surface area contributed by atoms with Crippen LogP contribution < -0.4 is 4.74 Å². The molecule has 21 heavy (non-hydrogen) atoms. The summed E-state index contributed by atoms with van der Waals surface area (Å²) in [6.07, 6.45) is 5.06. The molecule has 0 unspecified atom stereocenters. The monoisotopic (exact) mass is 287 g/mol. The van der Waals surface area contributed by atoms with Gasteiger partial charge in [-0.05, 0) is 57.3 Å². The highest BCUT2D eigenvalue weighted by molar-refractivity contribution is 6.05. The van der Waals surface area contributed by atoms with Crippen molar-refractivity contribution in [2.75, 3.05) is 20.7 Å². The van der Waals surface area contributed by atoms with E-state index in [4.69, 9.17) is 4.74 Å². The molecule has 0 spiro atoms. The van der Waals surface area contributed by atoms with Crippen LogP contribution in [0.4, 0.5) is 0 Å². The largest absolute Gasteiger partial charge is 0.492 e. The van der Waals surface area contributed by atoms with Crippen LogP contribution in [0, 0.1) is 5.92 Å². The van der Waals surface area contributed by atoms with Gasteiger partial charge in [0.25, 0.3) is 0 Å². The molecule has 1 saturated carbocycles. The third kappa shape index (κ3) is 2.38. The number of hydrogen-bond donors (Lipinski definition) is 0. The highest BCUT2D eigenvalue weighted by atomic mass is 16.5. The minimum atomic E-state index is -0.354. The Hall–Kier alpha value is -1.35. The molecule has 1 aromatic carbocycles. The molecule has 2 aliphatic rings. The number of ether oxygens (including phenoxy) is 1. The van der Waals surface area contributed by atoms with Crippen LogP contribution in [-0.4, -0.2) is 36.9 Å². The van der Waals surface area contributed by atoms with Crippen molar-refractivity contribution >= 4 is 5.78 Å². The van der Waals surface area contributed by atoms with Gasteiger partial charge in [-0.15, -0.1) is 0 Å². The lowest BCUT2D eigenvalue weighted by Gasteiger charge is -2.43. The molecule has 0 amide bonds. The number of carbonyl (C=O) groups excluding carboxylic acids is 1. The van der Waals surface area contributed by atoms with Gasteiger partial charge in [0.1, 0.15) is 5.75 Å².